The molecular weight excluding hydrogens is 398 g/mol. The average Bonchev–Trinajstić information content (AvgIpc) is 3.26. The number of hydrogen-bond acceptors (Lipinski definition) is 8. The van der Waals surface area contributed by atoms with E-state index in [4.69, 9.17) is 9.47 Å². The highest BCUT2D eigenvalue weighted by Crippen LogP contribution is 2.30. The Morgan fingerprint density at radius 1 is 1.03 bits per heavy atom. The minimum atomic E-state index is -0.264. The van der Waals surface area contributed by atoms with Crippen LogP contribution in [-0.2, 0) is 6.54 Å². The van der Waals surface area contributed by atoms with E-state index in [1.54, 1.807) is 35.3 Å². The van der Waals surface area contributed by atoms with Crippen LogP contribution < -0.4 is 15.0 Å². The van der Waals surface area contributed by atoms with Gasteiger partial charge in [0, 0.05) is 24.2 Å². The third kappa shape index (κ3) is 2.96. The minimum absolute atomic E-state index is 0.218. The predicted octanol–water partition coefficient (Wildman–Crippen LogP) is 1.72. The first kappa shape index (κ1) is 17.5. The number of pyridine rings is 2. The topological polar surface area (TPSA) is 109 Å². The summed E-state index contributed by atoms with van der Waals surface area (Å²) in [5.74, 6) is 2.18. The Balaban J connectivity index is 1.41. The molecule has 1 aliphatic heterocycles. The molecule has 1 aromatic carbocycles. The molecule has 0 atom stereocenters. The highest BCUT2D eigenvalue weighted by molar-refractivity contribution is 5.75. The van der Waals surface area contributed by atoms with Gasteiger partial charge in [-0.1, -0.05) is 6.07 Å². The summed E-state index contributed by atoms with van der Waals surface area (Å²) >= 11 is 0. The van der Waals surface area contributed by atoms with Crippen LogP contribution in [0.3, 0.4) is 0 Å². The van der Waals surface area contributed by atoms with Gasteiger partial charge in [-0.2, -0.15) is 9.50 Å². The second-order valence-corrected chi connectivity index (χ2v) is 7.05. The molecule has 5 heterocycles. The van der Waals surface area contributed by atoms with Crippen molar-refractivity contribution >= 4 is 16.8 Å². The van der Waals surface area contributed by atoms with Gasteiger partial charge in [0.05, 0.1) is 6.54 Å². The molecule has 5 aromatic rings. The van der Waals surface area contributed by atoms with Gasteiger partial charge in [0.25, 0.3) is 11.3 Å². The number of benzene rings is 1. The first-order valence-corrected chi connectivity index (χ1v) is 9.68. The highest BCUT2D eigenvalue weighted by atomic mass is 16.6. The van der Waals surface area contributed by atoms with Crippen LogP contribution in [0.25, 0.3) is 28.2 Å². The van der Waals surface area contributed by atoms with Gasteiger partial charge in [0.1, 0.15) is 18.7 Å². The van der Waals surface area contributed by atoms with E-state index in [9.17, 15) is 4.79 Å². The lowest BCUT2D eigenvalue weighted by Gasteiger charge is -2.19. The Kier molecular flexibility index (Phi) is 3.88. The zero-order valence-electron chi connectivity index (χ0n) is 16.2. The Morgan fingerprint density at radius 3 is 2.81 bits per heavy atom. The molecule has 0 fully saturated rings. The summed E-state index contributed by atoms with van der Waals surface area (Å²) in [4.78, 5) is 21.6. The van der Waals surface area contributed by atoms with Crippen molar-refractivity contribution < 1.29 is 9.47 Å². The van der Waals surface area contributed by atoms with Crippen LogP contribution >= 0.6 is 0 Å². The van der Waals surface area contributed by atoms with Crippen LogP contribution in [0.5, 0.6) is 11.5 Å². The molecule has 1 aliphatic rings. The molecule has 4 aromatic heterocycles. The van der Waals surface area contributed by atoms with Crippen molar-refractivity contribution in [3.05, 3.63) is 70.9 Å². The van der Waals surface area contributed by atoms with E-state index < -0.39 is 0 Å². The second kappa shape index (κ2) is 6.87. The second-order valence-electron chi connectivity index (χ2n) is 7.05. The maximum Gasteiger partial charge on any atom is 0.280 e. The maximum absolute atomic E-state index is 13.1. The molecule has 0 bridgehead atoms. The lowest BCUT2D eigenvalue weighted by atomic mass is 10.2. The quantitative estimate of drug-likeness (QED) is 0.440. The summed E-state index contributed by atoms with van der Waals surface area (Å²) < 4.78 is 14.3. The van der Waals surface area contributed by atoms with Gasteiger partial charge in [-0.25, -0.2) is 0 Å². The summed E-state index contributed by atoms with van der Waals surface area (Å²) in [7, 11) is 0. The molecule has 0 aliphatic carbocycles. The number of fused-ring (bicyclic) bond motifs is 4. The maximum atomic E-state index is 13.1. The standard InChI is InChI=1S/C21H15N7O3/c29-20-18-15(28-21(25-24-18)23-19(26-28)14-2-1-6-22-11-14)5-7-27(20)12-13-3-4-16-17(10-13)31-9-8-30-16/h1-7,10-11H,8-9,12H2. The van der Waals surface area contributed by atoms with E-state index in [0.717, 1.165) is 11.1 Å². The molecule has 0 amide bonds. The minimum Gasteiger partial charge on any atom is -0.486 e. The highest BCUT2D eigenvalue weighted by Gasteiger charge is 2.15. The predicted molar refractivity (Wildman–Crippen MR) is 110 cm³/mol. The zero-order chi connectivity index (χ0) is 20.8. The number of nitrogens with zero attached hydrogens (tertiary/aromatic N) is 7. The number of aromatic nitrogens is 7. The fourth-order valence-corrected chi connectivity index (χ4v) is 3.57. The van der Waals surface area contributed by atoms with Crippen LogP contribution in [-0.4, -0.2) is 47.6 Å². The van der Waals surface area contributed by atoms with Crippen LogP contribution in [0.4, 0.5) is 0 Å². The van der Waals surface area contributed by atoms with Gasteiger partial charge in [-0.05, 0) is 35.9 Å². The Hall–Kier alpha value is -4.34. The van der Waals surface area contributed by atoms with Crippen LogP contribution in [0, 0.1) is 0 Å². The molecule has 0 unspecified atom stereocenters. The summed E-state index contributed by atoms with van der Waals surface area (Å²) in [6.07, 6.45) is 5.07. The summed E-state index contributed by atoms with van der Waals surface area (Å²) in [6.45, 7) is 1.41. The number of rotatable bonds is 3. The van der Waals surface area contributed by atoms with Crippen molar-refractivity contribution in [3.63, 3.8) is 0 Å². The fraction of sp³-hybridized carbons (Fsp3) is 0.143. The van der Waals surface area contributed by atoms with Crippen molar-refractivity contribution in [3.8, 4) is 22.9 Å². The van der Waals surface area contributed by atoms with E-state index in [1.165, 1.54) is 4.52 Å². The normalized spacial score (nSPS) is 13.0. The van der Waals surface area contributed by atoms with Crippen molar-refractivity contribution in [2.45, 2.75) is 6.54 Å². The SMILES string of the molecule is O=c1c2nnc3nc(-c4cccnc4)nn3c2ccn1Cc1ccc2c(c1)OCCO2. The van der Waals surface area contributed by atoms with Crippen LogP contribution in [0.1, 0.15) is 5.56 Å². The van der Waals surface area contributed by atoms with Crippen LogP contribution in [0.15, 0.2) is 59.8 Å². The van der Waals surface area contributed by atoms with Gasteiger partial charge in [-0.15, -0.1) is 15.3 Å². The molecule has 10 nitrogen and oxygen atoms in total. The summed E-state index contributed by atoms with van der Waals surface area (Å²) in [6, 6.07) is 11.1. The average molecular weight is 413 g/mol. The largest absolute Gasteiger partial charge is 0.486 e. The smallest absolute Gasteiger partial charge is 0.280 e. The molecule has 0 spiro atoms. The van der Waals surface area contributed by atoms with E-state index >= 15 is 0 Å². The first-order valence-electron chi connectivity index (χ1n) is 9.68. The third-order valence-electron chi connectivity index (χ3n) is 5.06. The van der Waals surface area contributed by atoms with Gasteiger partial charge >= 0.3 is 0 Å². The van der Waals surface area contributed by atoms with Crippen LogP contribution in [0.2, 0.25) is 0 Å². The molecule has 0 saturated carbocycles. The molecular formula is C21H15N7O3. The monoisotopic (exact) mass is 413 g/mol. The third-order valence-corrected chi connectivity index (χ3v) is 5.06. The van der Waals surface area contributed by atoms with E-state index in [2.05, 4.69) is 25.3 Å². The molecule has 0 radical (unpaired) electrons. The molecule has 31 heavy (non-hydrogen) atoms. The molecule has 152 valence electrons. The first-order chi connectivity index (χ1) is 15.3. The lowest BCUT2D eigenvalue weighted by Crippen LogP contribution is -2.22. The van der Waals surface area contributed by atoms with Crippen molar-refractivity contribution in [2.75, 3.05) is 13.2 Å². The number of ether oxygens (including phenoxy) is 2. The lowest BCUT2D eigenvalue weighted by molar-refractivity contribution is 0.171. The molecule has 0 N–H and O–H groups in total. The zero-order valence-corrected chi connectivity index (χ0v) is 16.2. The van der Waals surface area contributed by atoms with Gasteiger partial charge in [0.15, 0.2) is 22.8 Å². The Labute approximate surface area is 174 Å². The molecule has 6 rings (SSSR count). The van der Waals surface area contributed by atoms with Crippen molar-refractivity contribution in [2.24, 2.45) is 0 Å². The number of hydrogen-bond donors (Lipinski definition) is 0. The van der Waals surface area contributed by atoms with E-state index in [0.29, 0.717) is 48.4 Å². The van der Waals surface area contributed by atoms with Gasteiger partial charge in [0.2, 0.25) is 0 Å². The Bertz CT molecular complexity index is 1490. The molecule has 0 saturated heterocycles. The Morgan fingerprint density at radius 2 is 1.94 bits per heavy atom. The molecule has 10 heteroatoms. The van der Waals surface area contributed by atoms with Gasteiger partial charge < -0.3 is 14.0 Å². The fourth-order valence-electron chi connectivity index (χ4n) is 3.57. The van der Waals surface area contributed by atoms with E-state index in [1.807, 2.05) is 24.3 Å². The van der Waals surface area contributed by atoms with Gasteiger partial charge in [-0.3, -0.25) is 9.78 Å². The van der Waals surface area contributed by atoms with E-state index in [-0.39, 0.29) is 11.1 Å². The van der Waals surface area contributed by atoms with Crippen molar-refractivity contribution in [1.82, 2.24) is 34.3 Å². The summed E-state index contributed by atoms with van der Waals surface area (Å²) in [5, 5.41) is 12.7. The summed E-state index contributed by atoms with van der Waals surface area (Å²) in [5.41, 5.74) is 2.17. The van der Waals surface area contributed by atoms with Crippen molar-refractivity contribution in [1.29, 1.82) is 0 Å².